The number of hydrogen-bond acceptors (Lipinski definition) is 3. The minimum Gasteiger partial charge on any atom is -0.494 e. The monoisotopic (exact) mass is 249 g/mol. The van der Waals surface area contributed by atoms with Crippen molar-refractivity contribution >= 4 is 0 Å². The Labute approximate surface area is 109 Å². The predicted octanol–water partition coefficient (Wildman–Crippen LogP) is 2.30. The van der Waals surface area contributed by atoms with Crippen LogP contribution in [0.25, 0.3) is 0 Å². The van der Waals surface area contributed by atoms with Crippen LogP contribution in [0.2, 0.25) is 0 Å². The number of rotatable bonds is 8. The number of aliphatic hydroxyl groups excluding tert-OH is 1. The van der Waals surface area contributed by atoms with Crippen LogP contribution in [0.3, 0.4) is 0 Å². The van der Waals surface area contributed by atoms with E-state index in [0.717, 1.165) is 31.9 Å². The van der Waals surface area contributed by atoms with Gasteiger partial charge in [-0.25, -0.2) is 0 Å². The molecule has 1 fully saturated rings. The van der Waals surface area contributed by atoms with Crippen molar-refractivity contribution in [2.24, 2.45) is 0 Å². The molecule has 1 aliphatic carbocycles. The highest BCUT2D eigenvalue weighted by molar-refractivity contribution is 5.20. The Kier molecular flexibility index (Phi) is 5.49. The number of ether oxygens (including phenoxy) is 1. The van der Waals surface area contributed by atoms with Crippen LogP contribution >= 0.6 is 0 Å². The van der Waals surface area contributed by atoms with Gasteiger partial charge in [0, 0.05) is 19.1 Å². The Hall–Kier alpha value is -1.06. The summed E-state index contributed by atoms with van der Waals surface area (Å²) >= 11 is 0. The molecular weight excluding hydrogens is 226 g/mol. The summed E-state index contributed by atoms with van der Waals surface area (Å²) in [5.74, 6) is 0.940. The van der Waals surface area contributed by atoms with Crippen molar-refractivity contribution in [3.8, 4) is 5.75 Å². The molecule has 0 aromatic heterocycles. The second kappa shape index (κ2) is 7.39. The fraction of sp³-hybridized carbons (Fsp3) is 0.600. The van der Waals surface area contributed by atoms with Gasteiger partial charge in [0.25, 0.3) is 0 Å². The highest BCUT2D eigenvalue weighted by atomic mass is 16.5. The van der Waals surface area contributed by atoms with Crippen LogP contribution in [0.5, 0.6) is 5.75 Å². The molecule has 18 heavy (non-hydrogen) atoms. The molecule has 1 aliphatic rings. The van der Waals surface area contributed by atoms with Gasteiger partial charge in [0.2, 0.25) is 0 Å². The Bertz CT molecular complexity index is 325. The van der Waals surface area contributed by atoms with E-state index in [1.54, 1.807) is 0 Å². The molecule has 1 N–H and O–H groups in total. The van der Waals surface area contributed by atoms with Crippen molar-refractivity contribution in [2.45, 2.75) is 31.7 Å². The molecule has 0 radical (unpaired) electrons. The van der Waals surface area contributed by atoms with Crippen LogP contribution in [0, 0.1) is 0 Å². The molecule has 0 amide bonds. The lowest BCUT2D eigenvalue weighted by molar-refractivity contribution is 0.0952. The lowest BCUT2D eigenvalue weighted by Crippen LogP contribution is -2.42. The lowest BCUT2D eigenvalue weighted by atomic mass is 9.91. The van der Waals surface area contributed by atoms with E-state index in [9.17, 15) is 0 Å². The summed E-state index contributed by atoms with van der Waals surface area (Å²) in [5, 5.41) is 9.07. The van der Waals surface area contributed by atoms with Crippen LogP contribution in [0.15, 0.2) is 30.3 Å². The molecule has 2 rings (SSSR count). The molecule has 0 heterocycles. The van der Waals surface area contributed by atoms with E-state index >= 15 is 0 Å². The fourth-order valence-corrected chi connectivity index (χ4v) is 2.33. The average molecular weight is 249 g/mol. The van der Waals surface area contributed by atoms with E-state index in [1.807, 2.05) is 30.3 Å². The zero-order chi connectivity index (χ0) is 12.6. The molecule has 1 aromatic rings. The highest BCUT2D eigenvalue weighted by Gasteiger charge is 2.23. The standard InChI is InChI=1S/C15H23NO2/c17-12-11-16(14-6-4-7-14)10-5-13-18-15-8-2-1-3-9-15/h1-3,8-9,14,17H,4-7,10-13H2. The van der Waals surface area contributed by atoms with Crippen molar-refractivity contribution in [3.63, 3.8) is 0 Å². The third-order valence-electron chi connectivity index (χ3n) is 3.58. The first-order chi connectivity index (χ1) is 8.90. The Morgan fingerprint density at radius 1 is 1.17 bits per heavy atom. The minimum atomic E-state index is 0.260. The number of para-hydroxylation sites is 1. The van der Waals surface area contributed by atoms with Gasteiger partial charge in [-0.15, -0.1) is 0 Å². The van der Waals surface area contributed by atoms with E-state index in [4.69, 9.17) is 9.84 Å². The molecule has 0 bridgehead atoms. The second-order valence-corrected chi connectivity index (χ2v) is 4.86. The summed E-state index contributed by atoms with van der Waals surface area (Å²) < 4.78 is 5.68. The van der Waals surface area contributed by atoms with Gasteiger partial charge in [0.1, 0.15) is 5.75 Å². The van der Waals surface area contributed by atoms with Crippen LogP contribution in [-0.2, 0) is 0 Å². The Morgan fingerprint density at radius 3 is 2.56 bits per heavy atom. The summed E-state index contributed by atoms with van der Waals surface area (Å²) in [6.07, 6.45) is 4.94. The van der Waals surface area contributed by atoms with Crippen molar-refractivity contribution in [1.29, 1.82) is 0 Å². The average Bonchev–Trinajstić information content (AvgIpc) is 2.34. The van der Waals surface area contributed by atoms with Gasteiger partial charge in [-0.1, -0.05) is 24.6 Å². The molecule has 0 spiro atoms. The maximum atomic E-state index is 9.07. The van der Waals surface area contributed by atoms with Gasteiger partial charge in [0.05, 0.1) is 13.2 Å². The lowest BCUT2D eigenvalue weighted by Gasteiger charge is -2.37. The highest BCUT2D eigenvalue weighted by Crippen LogP contribution is 2.24. The molecule has 0 unspecified atom stereocenters. The summed E-state index contributed by atoms with van der Waals surface area (Å²) in [4.78, 5) is 2.40. The van der Waals surface area contributed by atoms with E-state index in [1.165, 1.54) is 19.3 Å². The number of benzene rings is 1. The van der Waals surface area contributed by atoms with Crippen LogP contribution in [0.1, 0.15) is 25.7 Å². The van der Waals surface area contributed by atoms with Gasteiger partial charge >= 0.3 is 0 Å². The summed E-state index contributed by atoms with van der Waals surface area (Å²) in [6, 6.07) is 10.6. The molecule has 3 heteroatoms. The number of nitrogens with zero attached hydrogens (tertiary/aromatic N) is 1. The van der Waals surface area contributed by atoms with Crippen molar-refractivity contribution in [1.82, 2.24) is 4.90 Å². The Morgan fingerprint density at radius 2 is 1.94 bits per heavy atom. The van der Waals surface area contributed by atoms with Crippen LogP contribution in [-0.4, -0.2) is 42.4 Å². The minimum absolute atomic E-state index is 0.260. The van der Waals surface area contributed by atoms with Crippen molar-refractivity contribution < 1.29 is 9.84 Å². The molecule has 0 atom stereocenters. The molecule has 1 aromatic carbocycles. The van der Waals surface area contributed by atoms with E-state index in [2.05, 4.69) is 4.90 Å². The second-order valence-electron chi connectivity index (χ2n) is 4.86. The normalized spacial score (nSPS) is 15.7. The van der Waals surface area contributed by atoms with Gasteiger partial charge in [0.15, 0.2) is 0 Å². The van der Waals surface area contributed by atoms with Crippen molar-refractivity contribution in [2.75, 3.05) is 26.3 Å². The van der Waals surface area contributed by atoms with Crippen molar-refractivity contribution in [3.05, 3.63) is 30.3 Å². The zero-order valence-corrected chi connectivity index (χ0v) is 10.9. The number of aliphatic hydroxyl groups is 1. The Balaban J connectivity index is 1.63. The summed E-state index contributed by atoms with van der Waals surface area (Å²) in [7, 11) is 0. The maximum absolute atomic E-state index is 9.07. The van der Waals surface area contributed by atoms with Gasteiger partial charge in [-0.05, 0) is 31.4 Å². The van der Waals surface area contributed by atoms with E-state index < -0.39 is 0 Å². The van der Waals surface area contributed by atoms with Crippen LogP contribution < -0.4 is 4.74 Å². The largest absolute Gasteiger partial charge is 0.494 e. The molecule has 3 nitrogen and oxygen atoms in total. The molecule has 0 aliphatic heterocycles. The maximum Gasteiger partial charge on any atom is 0.119 e. The third-order valence-corrected chi connectivity index (χ3v) is 3.58. The van der Waals surface area contributed by atoms with E-state index in [0.29, 0.717) is 6.04 Å². The summed E-state index contributed by atoms with van der Waals surface area (Å²) in [5.41, 5.74) is 0. The smallest absolute Gasteiger partial charge is 0.119 e. The topological polar surface area (TPSA) is 32.7 Å². The third kappa shape index (κ3) is 4.00. The van der Waals surface area contributed by atoms with Crippen LogP contribution in [0.4, 0.5) is 0 Å². The molecule has 1 saturated carbocycles. The van der Waals surface area contributed by atoms with Gasteiger partial charge < -0.3 is 9.84 Å². The summed E-state index contributed by atoms with van der Waals surface area (Å²) in [6.45, 7) is 2.84. The van der Waals surface area contributed by atoms with Gasteiger partial charge in [-0.2, -0.15) is 0 Å². The molecule has 100 valence electrons. The quantitative estimate of drug-likeness (QED) is 0.718. The first kappa shape index (κ1) is 13.4. The first-order valence-corrected chi connectivity index (χ1v) is 6.93. The molecule has 0 saturated heterocycles. The molecular formula is C15H23NO2. The predicted molar refractivity (Wildman–Crippen MR) is 72.9 cm³/mol. The fourth-order valence-electron chi connectivity index (χ4n) is 2.33. The van der Waals surface area contributed by atoms with E-state index in [-0.39, 0.29) is 6.61 Å². The SMILES string of the molecule is OCCN(CCCOc1ccccc1)C1CCC1. The first-order valence-electron chi connectivity index (χ1n) is 6.93. The zero-order valence-electron chi connectivity index (χ0n) is 10.9. The number of hydrogen-bond donors (Lipinski definition) is 1. The van der Waals surface area contributed by atoms with Gasteiger partial charge in [-0.3, -0.25) is 4.90 Å².